The van der Waals surface area contributed by atoms with E-state index in [1.807, 2.05) is 48.5 Å². The minimum atomic E-state index is -0.399. The summed E-state index contributed by atoms with van der Waals surface area (Å²) in [5, 5.41) is 0. The van der Waals surface area contributed by atoms with Crippen molar-refractivity contribution in [3.63, 3.8) is 0 Å². The Labute approximate surface area is 144 Å². The van der Waals surface area contributed by atoms with E-state index in [9.17, 15) is 4.79 Å². The van der Waals surface area contributed by atoms with E-state index in [0.29, 0.717) is 11.5 Å². The standard InChI is InChI=1S/C21H26O3/c1-5-8-16-11-13-17(14-12-16)23-15-20(22)24-19-10-7-6-9-18(19)21(2,3)4/h6-7,9-14H,5,8,15H2,1-4H3. The van der Waals surface area contributed by atoms with Crippen LogP contribution in [-0.4, -0.2) is 12.6 Å². The molecule has 3 nitrogen and oxygen atoms in total. The molecule has 0 bridgehead atoms. The van der Waals surface area contributed by atoms with Gasteiger partial charge in [0.2, 0.25) is 0 Å². The summed E-state index contributed by atoms with van der Waals surface area (Å²) in [4.78, 5) is 12.1. The topological polar surface area (TPSA) is 35.5 Å². The third-order valence-electron chi connectivity index (χ3n) is 3.74. The summed E-state index contributed by atoms with van der Waals surface area (Å²) >= 11 is 0. The highest BCUT2D eigenvalue weighted by Crippen LogP contribution is 2.31. The summed E-state index contributed by atoms with van der Waals surface area (Å²) in [6.07, 6.45) is 2.16. The Morgan fingerprint density at radius 2 is 1.67 bits per heavy atom. The molecule has 0 atom stereocenters. The minimum Gasteiger partial charge on any atom is -0.482 e. The summed E-state index contributed by atoms with van der Waals surface area (Å²) in [7, 11) is 0. The lowest BCUT2D eigenvalue weighted by atomic mass is 9.86. The normalized spacial score (nSPS) is 11.2. The van der Waals surface area contributed by atoms with Crippen molar-refractivity contribution in [1.29, 1.82) is 0 Å². The zero-order valence-electron chi connectivity index (χ0n) is 15.0. The van der Waals surface area contributed by atoms with Crippen LogP contribution in [-0.2, 0) is 16.6 Å². The van der Waals surface area contributed by atoms with Crippen molar-refractivity contribution in [1.82, 2.24) is 0 Å². The first-order chi connectivity index (χ1) is 11.4. The van der Waals surface area contributed by atoms with Gasteiger partial charge in [-0.15, -0.1) is 0 Å². The second kappa shape index (κ2) is 8.00. The van der Waals surface area contributed by atoms with Crippen molar-refractivity contribution in [2.75, 3.05) is 6.61 Å². The molecule has 2 aromatic carbocycles. The van der Waals surface area contributed by atoms with Crippen molar-refractivity contribution in [3.8, 4) is 11.5 Å². The largest absolute Gasteiger partial charge is 0.482 e. The lowest BCUT2D eigenvalue weighted by Crippen LogP contribution is -2.20. The van der Waals surface area contributed by atoms with Crippen LogP contribution in [0.15, 0.2) is 48.5 Å². The molecule has 0 aliphatic rings. The van der Waals surface area contributed by atoms with Crippen LogP contribution in [0.4, 0.5) is 0 Å². The number of hydrogen-bond donors (Lipinski definition) is 0. The number of ether oxygens (including phenoxy) is 2. The van der Waals surface area contributed by atoms with Gasteiger partial charge < -0.3 is 9.47 Å². The van der Waals surface area contributed by atoms with E-state index in [-0.39, 0.29) is 12.0 Å². The average Bonchev–Trinajstić information content (AvgIpc) is 2.54. The Morgan fingerprint density at radius 1 is 1.00 bits per heavy atom. The van der Waals surface area contributed by atoms with Crippen LogP contribution in [0.2, 0.25) is 0 Å². The van der Waals surface area contributed by atoms with Crippen LogP contribution in [0, 0.1) is 0 Å². The number of rotatable bonds is 6. The summed E-state index contributed by atoms with van der Waals surface area (Å²) in [6, 6.07) is 15.5. The van der Waals surface area contributed by atoms with Gasteiger partial charge in [-0.2, -0.15) is 0 Å². The quantitative estimate of drug-likeness (QED) is 0.558. The van der Waals surface area contributed by atoms with Crippen molar-refractivity contribution in [3.05, 3.63) is 59.7 Å². The molecule has 0 aliphatic carbocycles. The Kier molecular flexibility index (Phi) is 6.02. The molecule has 0 heterocycles. The molecule has 3 heteroatoms. The van der Waals surface area contributed by atoms with E-state index in [1.54, 1.807) is 0 Å². The van der Waals surface area contributed by atoms with Gasteiger partial charge in [0.25, 0.3) is 0 Å². The van der Waals surface area contributed by atoms with Gasteiger partial charge in [-0.1, -0.05) is 64.4 Å². The molecular formula is C21H26O3. The van der Waals surface area contributed by atoms with Crippen LogP contribution < -0.4 is 9.47 Å². The SMILES string of the molecule is CCCc1ccc(OCC(=O)Oc2ccccc2C(C)(C)C)cc1. The lowest BCUT2D eigenvalue weighted by Gasteiger charge is -2.22. The molecule has 24 heavy (non-hydrogen) atoms. The maximum atomic E-state index is 12.1. The fourth-order valence-electron chi connectivity index (χ4n) is 2.51. The molecule has 0 N–H and O–H groups in total. The highest BCUT2D eigenvalue weighted by atomic mass is 16.6. The lowest BCUT2D eigenvalue weighted by molar-refractivity contribution is -0.136. The molecule has 0 spiro atoms. The molecule has 0 saturated heterocycles. The summed E-state index contributed by atoms with van der Waals surface area (Å²) in [5.41, 5.74) is 2.18. The molecule has 128 valence electrons. The van der Waals surface area contributed by atoms with E-state index in [4.69, 9.17) is 9.47 Å². The number of aryl methyl sites for hydroxylation is 1. The molecule has 2 rings (SSSR count). The maximum Gasteiger partial charge on any atom is 0.349 e. The fourth-order valence-corrected chi connectivity index (χ4v) is 2.51. The first-order valence-electron chi connectivity index (χ1n) is 8.42. The van der Waals surface area contributed by atoms with Crippen molar-refractivity contribution in [2.24, 2.45) is 0 Å². The number of esters is 1. The third-order valence-corrected chi connectivity index (χ3v) is 3.74. The molecule has 0 amide bonds. The average molecular weight is 326 g/mol. The van der Waals surface area contributed by atoms with Crippen LogP contribution in [0.25, 0.3) is 0 Å². The molecule has 0 radical (unpaired) electrons. The predicted octanol–water partition coefficient (Wildman–Crippen LogP) is 4.92. The van der Waals surface area contributed by atoms with Crippen LogP contribution >= 0.6 is 0 Å². The monoisotopic (exact) mass is 326 g/mol. The number of hydrogen-bond acceptors (Lipinski definition) is 3. The van der Waals surface area contributed by atoms with Crippen LogP contribution in [0.1, 0.15) is 45.2 Å². The number of benzene rings is 2. The Balaban J connectivity index is 1.94. The second-order valence-corrected chi connectivity index (χ2v) is 6.90. The van der Waals surface area contributed by atoms with Gasteiger partial charge in [-0.3, -0.25) is 0 Å². The van der Waals surface area contributed by atoms with E-state index in [2.05, 4.69) is 27.7 Å². The van der Waals surface area contributed by atoms with Crippen LogP contribution in [0.5, 0.6) is 11.5 Å². The minimum absolute atomic E-state index is 0.0904. The maximum absolute atomic E-state index is 12.1. The molecular weight excluding hydrogens is 300 g/mol. The molecule has 0 aliphatic heterocycles. The molecule has 0 aromatic heterocycles. The highest BCUT2D eigenvalue weighted by molar-refractivity contribution is 5.74. The highest BCUT2D eigenvalue weighted by Gasteiger charge is 2.20. The van der Waals surface area contributed by atoms with Gasteiger partial charge in [0.1, 0.15) is 11.5 Å². The smallest absolute Gasteiger partial charge is 0.349 e. The summed E-state index contributed by atoms with van der Waals surface area (Å²) in [6.45, 7) is 8.32. The number of carbonyl (C=O) groups excluding carboxylic acids is 1. The van der Waals surface area contributed by atoms with E-state index >= 15 is 0 Å². The summed E-state index contributed by atoms with van der Waals surface area (Å²) in [5.74, 6) is 0.872. The molecule has 0 fully saturated rings. The van der Waals surface area contributed by atoms with Crippen molar-refractivity contribution in [2.45, 2.75) is 46.0 Å². The first kappa shape index (κ1) is 18.1. The van der Waals surface area contributed by atoms with E-state index < -0.39 is 5.97 Å². The van der Waals surface area contributed by atoms with Gasteiger partial charge >= 0.3 is 5.97 Å². The van der Waals surface area contributed by atoms with Crippen molar-refractivity contribution >= 4 is 5.97 Å². The second-order valence-electron chi connectivity index (χ2n) is 6.90. The zero-order valence-corrected chi connectivity index (χ0v) is 15.0. The van der Waals surface area contributed by atoms with Gasteiger partial charge in [-0.05, 0) is 35.6 Å². The summed E-state index contributed by atoms with van der Waals surface area (Å²) < 4.78 is 11.0. The van der Waals surface area contributed by atoms with Gasteiger partial charge in [0.05, 0.1) is 0 Å². The van der Waals surface area contributed by atoms with Crippen molar-refractivity contribution < 1.29 is 14.3 Å². The fraction of sp³-hybridized carbons (Fsp3) is 0.381. The zero-order chi connectivity index (χ0) is 17.6. The first-order valence-corrected chi connectivity index (χ1v) is 8.42. The molecule has 2 aromatic rings. The van der Waals surface area contributed by atoms with E-state index in [0.717, 1.165) is 18.4 Å². The molecule has 0 unspecified atom stereocenters. The third kappa shape index (κ3) is 5.12. The number of para-hydroxylation sites is 1. The Hall–Kier alpha value is -2.29. The Bertz CT molecular complexity index is 666. The van der Waals surface area contributed by atoms with Gasteiger partial charge in [0.15, 0.2) is 6.61 Å². The van der Waals surface area contributed by atoms with Gasteiger partial charge in [0, 0.05) is 5.56 Å². The van der Waals surface area contributed by atoms with Gasteiger partial charge in [-0.25, -0.2) is 4.79 Å². The molecule has 0 saturated carbocycles. The van der Waals surface area contributed by atoms with E-state index in [1.165, 1.54) is 5.56 Å². The predicted molar refractivity (Wildman–Crippen MR) is 96.7 cm³/mol. The Morgan fingerprint density at radius 3 is 2.29 bits per heavy atom. The van der Waals surface area contributed by atoms with Crippen LogP contribution in [0.3, 0.4) is 0 Å². The number of carbonyl (C=O) groups is 1.